The molecule has 10 atom stereocenters. The molecule has 4 fully saturated rings. The molecule has 0 aromatic heterocycles. The topological polar surface area (TPSA) is 571 Å². The third kappa shape index (κ3) is 12.1. The van der Waals surface area contributed by atoms with Crippen molar-refractivity contribution in [2.24, 2.45) is 23.7 Å². The fraction of sp³-hybridized carbons (Fsp3) is 0.519. The Kier molecular flexibility index (Phi) is 21.6. The van der Waals surface area contributed by atoms with Crippen molar-refractivity contribution in [3.8, 4) is 11.5 Å². The van der Waals surface area contributed by atoms with Crippen LogP contribution in [-0.2, 0) is 40.0 Å². The first kappa shape index (κ1) is 71.3. The van der Waals surface area contributed by atoms with E-state index >= 15 is 0 Å². The van der Waals surface area contributed by atoms with Crippen LogP contribution in [0.3, 0.4) is 0 Å². The highest BCUT2D eigenvalue weighted by molar-refractivity contribution is 6.25. The number of aliphatic hydroxyl groups is 8. The summed E-state index contributed by atoms with van der Waals surface area (Å²) in [7, 11) is 6.57. The summed E-state index contributed by atoms with van der Waals surface area (Å²) in [5.74, 6) is -14.1. The van der Waals surface area contributed by atoms with Crippen LogP contribution in [0.5, 0.6) is 11.5 Å². The predicted molar refractivity (Wildman–Crippen MR) is 299 cm³/mol. The first-order valence-electron chi connectivity index (χ1n) is 26.8. The van der Waals surface area contributed by atoms with Crippen LogP contribution in [-0.4, -0.2) is 213 Å². The average molecular weight is 1240 g/mol. The molecule has 2 aromatic carbocycles. The number of carbonyl (C=O) groups is 6. The summed E-state index contributed by atoms with van der Waals surface area (Å²) < 4.78 is 0. The summed E-state index contributed by atoms with van der Waals surface area (Å²) >= 11 is 0. The van der Waals surface area contributed by atoms with Gasteiger partial charge in [0, 0.05) is 23.0 Å². The van der Waals surface area contributed by atoms with Crippen molar-refractivity contribution < 1.29 is 116 Å². The van der Waals surface area contributed by atoms with E-state index < -0.39 is 137 Å². The number of aromatic hydroxyl groups is 2. The van der Waals surface area contributed by atoms with Gasteiger partial charge in [0.05, 0.1) is 85.9 Å². The van der Waals surface area contributed by atoms with E-state index in [-0.39, 0.29) is 87.5 Å². The second-order valence-corrected chi connectivity index (χ2v) is 22.9. The fourth-order valence-corrected chi connectivity index (χ4v) is 13.6. The number of phenols is 2. The first-order chi connectivity index (χ1) is 39.1. The first-order valence-corrected chi connectivity index (χ1v) is 26.8. The number of likely N-dealkylation sites (tertiary alicyclic amines) is 2. The van der Waals surface area contributed by atoms with Crippen LogP contribution in [0.4, 0.5) is 0 Å². The maximum Gasteiger partial charge on any atom is 0.259 e. The van der Waals surface area contributed by atoms with E-state index in [1.54, 1.807) is 28.2 Å². The molecule has 2 amide bonds. The zero-order chi connectivity index (χ0) is 62.6. The number of hydrogen-bond donors (Lipinski definition) is 14. The monoisotopic (exact) mass is 1230 g/mol. The van der Waals surface area contributed by atoms with Gasteiger partial charge in [-0.05, 0) is 102 Å². The zero-order valence-corrected chi connectivity index (χ0v) is 48.1. The van der Waals surface area contributed by atoms with Crippen LogP contribution < -0.4 is 20.4 Å². The number of Topliss-reactive ketones (excluding diaryl/α,β-unsaturated/α-hetero) is 4. The Morgan fingerprint density at radius 2 is 0.851 bits per heavy atom. The molecule has 2 saturated heterocycles. The number of phenolic OH excluding ortho intramolecular Hbond substituents is 2. The minimum Gasteiger partial charge on any atom is -0.508 e. The molecule has 33 heteroatoms. The van der Waals surface area contributed by atoms with Crippen LogP contribution in [0.2, 0.25) is 0 Å². The minimum atomic E-state index is -2.70. The number of carbonyl (C=O) groups excluding carboxylic acids is 6. The molecule has 10 rings (SSSR count). The normalized spacial score (nSPS) is 29.7. The molecule has 0 bridgehead atoms. The molecule has 8 aliphatic rings. The second kappa shape index (κ2) is 26.4. The highest BCUT2D eigenvalue weighted by atomic mass is 16.9. The molecule has 2 aromatic rings. The van der Waals surface area contributed by atoms with Crippen molar-refractivity contribution >= 4 is 46.5 Å². The second-order valence-electron chi connectivity index (χ2n) is 22.9. The third-order valence-corrected chi connectivity index (χ3v) is 17.5. The van der Waals surface area contributed by atoms with Gasteiger partial charge in [-0.15, -0.1) is 0 Å². The molecule has 0 spiro atoms. The van der Waals surface area contributed by atoms with E-state index in [1.807, 2.05) is 9.80 Å². The lowest BCUT2D eigenvalue weighted by Crippen LogP contribution is -3.13. The van der Waals surface area contributed by atoms with E-state index in [0.717, 1.165) is 51.9 Å². The van der Waals surface area contributed by atoms with Gasteiger partial charge in [0.1, 0.15) is 45.7 Å². The summed E-state index contributed by atoms with van der Waals surface area (Å²) in [6, 6.07) is 6.43. The van der Waals surface area contributed by atoms with E-state index in [0.29, 0.717) is 9.80 Å². The fourth-order valence-electron chi connectivity index (χ4n) is 13.6. The molecule has 2 heterocycles. The van der Waals surface area contributed by atoms with Crippen molar-refractivity contribution in [3.05, 3.63) is 123 Å². The van der Waals surface area contributed by atoms with E-state index in [9.17, 15) is 79.8 Å². The van der Waals surface area contributed by atoms with Crippen molar-refractivity contribution in [1.29, 1.82) is 0 Å². The Balaban J connectivity index is 0.000000322. The number of benzene rings is 2. The molecule has 0 unspecified atom stereocenters. The van der Waals surface area contributed by atoms with E-state index in [2.05, 4.69) is 10.6 Å². The summed E-state index contributed by atoms with van der Waals surface area (Å²) in [5.41, 5.74) is -10.9. The van der Waals surface area contributed by atoms with Crippen molar-refractivity contribution in [3.63, 3.8) is 0 Å². The van der Waals surface area contributed by atoms with Gasteiger partial charge in [-0.3, -0.25) is 38.6 Å². The SMILES string of the molecule is C[NH+](C)[C@@H]1C(=O)C(C(=O)NCN2CCCC2)=C(O)[C@]2(O)C(=O)C3=C(O)c4c(O)cccc4[C@](C)(O)[C@@H]3C[C@@H]12.C[NH+](C)[C@@H]1C(=O)C(C(=O)NCN2CCCC2)=C(O)[C@]2(O)C(=O)C3=C(O)c4c(O)cccc4[C@](C)(O)[C@H]3C[C@@H]12.O.O.O.O=[N+]([O-])[O-].O=[N+]([O-])[O-]. The maximum atomic E-state index is 14.0. The Labute approximate surface area is 494 Å². The minimum absolute atomic E-state index is 0. The van der Waals surface area contributed by atoms with Crippen LogP contribution in [0.1, 0.15) is 74.6 Å². The summed E-state index contributed by atoms with van der Waals surface area (Å²) in [6.07, 6.45) is 3.61. The molecule has 6 aliphatic carbocycles. The highest BCUT2D eigenvalue weighted by Crippen LogP contribution is 2.58. The van der Waals surface area contributed by atoms with Crippen LogP contribution >= 0.6 is 0 Å². The van der Waals surface area contributed by atoms with Crippen molar-refractivity contribution in [2.45, 2.75) is 86.9 Å². The average Bonchev–Trinajstić information content (AvgIpc) is 1.35. The lowest BCUT2D eigenvalue weighted by molar-refractivity contribution is -0.880. The maximum absolute atomic E-state index is 14.0. The van der Waals surface area contributed by atoms with Gasteiger partial charge in [0.2, 0.25) is 23.1 Å². The van der Waals surface area contributed by atoms with Gasteiger partial charge >= 0.3 is 0 Å². The number of nitrogens with zero attached hydrogens (tertiary/aromatic N) is 4. The molecule has 33 nitrogen and oxygen atoms in total. The van der Waals surface area contributed by atoms with Gasteiger partial charge in [0.25, 0.3) is 11.8 Å². The van der Waals surface area contributed by atoms with Gasteiger partial charge in [-0.2, -0.15) is 0 Å². The standard InChI is InChI=1S/2C27H33N3O8.2NO3.3H2O/c2*1-26(37)13-7-6-8-16(31)17(13)21(32)18-14(26)11-15-20(29(2)3)22(33)19(24(35)27(15,38)23(18)34)25(36)28-12-30-9-4-5-10-30;2*2-1(3)4;;;/h2*6-8,14-15,20,31-32,35,37-38H,4-5,9-12H2,1-3H3,(H,28,36);;;3*1H2/q;;2*-1;;;/p+2/t14-,15+,20+,26+,27-;14-,15-,20-,26-,27+;;;;;/m10...../s1. The predicted octanol–water partition coefficient (Wildman–Crippen LogP) is -5.16. The number of amides is 2. The van der Waals surface area contributed by atoms with Crippen molar-refractivity contribution in [1.82, 2.24) is 20.4 Å². The lowest BCUT2D eigenvalue weighted by Gasteiger charge is -2.52. The molecule has 0 radical (unpaired) electrons. The number of quaternary nitrogens is 2. The number of rotatable bonds is 8. The number of hydrogen-bond acceptors (Lipinski definition) is 24. The van der Waals surface area contributed by atoms with E-state index in [1.165, 1.54) is 50.2 Å². The molecular formula is C54H74N8O25. The Hall–Kier alpha value is -8.22. The third-order valence-electron chi connectivity index (χ3n) is 17.5. The molecule has 2 aliphatic heterocycles. The molecule has 2 saturated carbocycles. The number of fused-ring (bicyclic) bond motifs is 6. The quantitative estimate of drug-likeness (QED) is 0.0668. The van der Waals surface area contributed by atoms with Crippen LogP contribution in [0.25, 0.3) is 11.5 Å². The van der Waals surface area contributed by atoms with Gasteiger partial charge in [-0.25, -0.2) is 0 Å². The van der Waals surface area contributed by atoms with Crippen LogP contribution in [0, 0.1) is 54.3 Å². The number of ketones is 4. The number of likely N-dealkylation sites (N-methyl/N-ethyl adjacent to an activating group) is 2. The molecule has 87 heavy (non-hydrogen) atoms. The van der Waals surface area contributed by atoms with Crippen LogP contribution in [0.15, 0.2) is 70.2 Å². The molecular weight excluding hydrogens is 1160 g/mol. The molecule has 480 valence electrons. The zero-order valence-electron chi connectivity index (χ0n) is 48.1. The Morgan fingerprint density at radius 3 is 1.13 bits per heavy atom. The van der Waals surface area contributed by atoms with Gasteiger partial charge in [-0.1, -0.05) is 24.3 Å². The Bertz CT molecular complexity index is 3000. The summed E-state index contributed by atoms with van der Waals surface area (Å²) in [5, 5.41) is 148. The summed E-state index contributed by atoms with van der Waals surface area (Å²) in [4.78, 5) is 103. The lowest BCUT2D eigenvalue weighted by atomic mass is 9.54. The van der Waals surface area contributed by atoms with E-state index in [4.69, 9.17) is 30.6 Å². The number of aliphatic hydroxyl groups excluding tert-OH is 4. The Morgan fingerprint density at radius 1 is 0.563 bits per heavy atom. The largest absolute Gasteiger partial charge is 0.508 e. The molecule has 20 N–H and O–H groups in total. The van der Waals surface area contributed by atoms with Crippen molar-refractivity contribution in [2.75, 3.05) is 67.7 Å². The smallest absolute Gasteiger partial charge is 0.259 e. The number of nitrogens with one attached hydrogen (secondary N) is 4. The van der Waals surface area contributed by atoms with Gasteiger partial charge in [0.15, 0.2) is 23.3 Å². The summed E-state index contributed by atoms with van der Waals surface area (Å²) in [6.45, 7) is 6.27. The van der Waals surface area contributed by atoms with Gasteiger partial charge < -0.3 is 119 Å². The highest BCUT2D eigenvalue weighted by Gasteiger charge is 2.70.